The highest BCUT2D eigenvalue weighted by molar-refractivity contribution is 5.66. The average molecular weight is 235 g/mol. The highest BCUT2D eigenvalue weighted by Crippen LogP contribution is 1.87. The number of nitrogens with zero attached hydrogens (tertiary/aromatic N) is 1. The van der Waals surface area contributed by atoms with Gasteiger partial charge >= 0.3 is 5.97 Å². The Morgan fingerprint density at radius 1 is 1.58 bits per heavy atom. The van der Waals surface area contributed by atoms with Crippen molar-refractivity contribution in [2.24, 2.45) is 0 Å². The highest BCUT2D eigenvalue weighted by Gasteiger charge is 1.99. The van der Waals surface area contributed by atoms with E-state index in [-0.39, 0.29) is 23.4 Å². The molecule has 0 radical (unpaired) electrons. The van der Waals surface area contributed by atoms with Crippen LogP contribution in [0.25, 0.3) is 0 Å². The van der Waals surface area contributed by atoms with Gasteiger partial charge in [-0.15, -0.1) is 0 Å². The number of rotatable bonds is 4. The quantitative estimate of drug-likeness (QED) is 0.553. The number of aryl methyl sites for hydroxylation is 1. The van der Waals surface area contributed by atoms with Crippen LogP contribution >= 0.6 is 0 Å². The fraction of sp³-hybridized carbons (Fsp3) is 0.429. The molecule has 12 heavy (non-hydrogen) atoms. The lowest BCUT2D eigenvalue weighted by Crippen LogP contribution is -3.00. The summed E-state index contributed by atoms with van der Waals surface area (Å²) in [6, 6.07) is 0. The predicted octanol–water partition coefficient (Wildman–Crippen LogP) is -2.83. The van der Waals surface area contributed by atoms with E-state index < -0.39 is 5.97 Å². The monoisotopic (exact) mass is 234 g/mol. The molecule has 2 N–H and O–H groups in total. The zero-order valence-corrected chi connectivity index (χ0v) is 8.12. The van der Waals surface area contributed by atoms with Crippen molar-refractivity contribution in [3.8, 4) is 0 Å². The molecule has 68 valence electrons. The number of H-pyrrole nitrogens is 1. The zero-order valence-electron chi connectivity index (χ0n) is 6.53. The lowest BCUT2D eigenvalue weighted by atomic mass is 10.3. The number of hydrogen-bond acceptors (Lipinski definition) is 1. The molecule has 0 unspecified atom stereocenters. The van der Waals surface area contributed by atoms with Crippen LogP contribution in [0.3, 0.4) is 0 Å². The summed E-state index contributed by atoms with van der Waals surface area (Å²) < 4.78 is 1.92. The van der Waals surface area contributed by atoms with E-state index in [1.807, 2.05) is 17.1 Å². The van der Waals surface area contributed by atoms with Crippen molar-refractivity contribution in [1.82, 2.24) is 4.98 Å². The molecular formula is C7H11BrN2O2. The number of carboxylic acid groups (broad SMARTS) is 1. The normalized spacial score (nSPS) is 9.00. The first-order valence-electron chi connectivity index (χ1n) is 3.52. The van der Waals surface area contributed by atoms with E-state index in [0.29, 0.717) is 6.42 Å². The van der Waals surface area contributed by atoms with Gasteiger partial charge in [-0.3, -0.25) is 9.78 Å². The minimum atomic E-state index is -0.735. The van der Waals surface area contributed by atoms with Crippen molar-refractivity contribution in [3.05, 3.63) is 18.7 Å². The molecule has 4 nitrogen and oxygen atoms in total. The Labute approximate surface area is 81.0 Å². The summed E-state index contributed by atoms with van der Waals surface area (Å²) in [6.45, 7) is 0.760. The van der Waals surface area contributed by atoms with Gasteiger partial charge in [-0.1, -0.05) is 0 Å². The summed E-state index contributed by atoms with van der Waals surface area (Å²) >= 11 is 0. The second-order valence-corrected chi connectivity index (χ2v) is 2.35. The van der Waals surface area contributed by atoms with Crippen LogP contribution in [-0.2, 0) is 11.3 Å². The molecule has 0 atom stereocenters. The van der Waals surface area contributed by atoms with Crippen LogP contribution in [0.2, 0.25) is 0 Å². The highest BCUT2D eigenvalue weighted by atomic mass is 79.9. The van der Waals surface area contributed by atoms with Gasteiger partial charge in [0.15, 0.2) is 0 Å². The Balaban J connectivity index is 0.00000121. The smallest absolute Gasteiger partial charge is 0.303 e. The van der Waals surface area contributed by atoms with Gasteiger partial charge in [-0.25, -0.2) is 4.57 Å². The predicted molar refractivity (Wildman–Crippen MR) is 37.9 cm³/mol. The van der Waals surface area contributed by atoms with Crippen LogP contribution < -0.4 is 21.5 Å². The maximum Gasteiger partial charge on any atom is 0.303 e. The van der Waals surface area contributed by atoms with Gasteiger partial charge in [-0.05, 0) is 6.42 Å². The van der Waals surface area contributed by atoms with E-state index in [0.717, 1.165) is 6.54 Å². The van der Waals surface area contributed by atoms with Crippen LogP contribution in [0.4, 0.5) is 0 Å². The van der Waals surface area contributed by atoms with Crippen molar-refractivity contribution in [3.63, 3.8) is 0 Å². The molecule has 0 aliphatic heterocycles. The van der Waals surface area contributed by atoms with Crippen LogP contribution in [0.15, 0.2) is 18.7 Å². The Morgan fingerprint density at radius 2 is 2.33 bits per heavy atom. The van der Waals surface area contributed by atoms with Crippen LogP contribution in [0.1, 0.15) is 12.8 Å². The Bertz CT molecular complexity index is 223. The van der Waals surface area contributed by atoms with E-state index in [9.17, 15) is 4.79 Å². The molecule has 1 aromatic rings. The lowest BCUT2D eigenvalue weighted by molar-refractivity contribution is -0.695. The van der Waals surface area contributed by atoms with Crippen LogP contribution in [0.5, 0.6) is 0 Å². The number of aromatic nitrogens is 2. The van der Waals surface area contributed by atoms with Crippen LogP contribution in [0, 0.1) is 0 Å². The Morgan fingerprint density at radius 3 is 2.83 bits per heavy atom. The first kappa shape index (κ1) is 11.2. The maximum atomic E-state index is 10.1. The minimum Gasteiger partial charge on any atom is -1.00 e. The number of carbonyl (C=O) groups is 1. The van der Waals surface area contributed by atoms with E-state index in [1.54, 1.807) is 6.20 Å². The molecule has 0 spiro atoms. The Kier molecular flexibility index (Phi) is 5.36. The maximum absolute atomic E-state index is 10.1. The number of carboxylic acids is 1. The van der Waals surface area contributed by atoms with Crippen molar-refractivity contribution in [1.29, 1.82) is 0 Å². The number of imidazole rings is 1. The third-order valence-electron chi connectivity index (χ3n) is 1.41. The standard InChI is InChI=1S/C7H10N2O2.BrH/c10-7(11)2-1-4-9-5-3-8-6-9;/h3,5-6H,1-2,4H2,(H,10,11);1H. The largest absolute Gasteiger partial charge is 1.00 e. The van der Waals surface area contributed by atoms with Gasteiger partial charge in [0.2, 0.25) is 6.33 Å². The summed E-state index contributed by atoms with van der Waals surface area (Å²) in [5.74, 6) is -0.735. The summed E-state index contributed by atoms with van der Waals surface area (Å²) in [5.41, 5.74) is 0. The van der Waals surface area contributed by atoms with Crippen molar-refractivity contribution in [2.75, 3.05) is 0 Å². The van der Waals surface area contributed by atoms with E-state index >= 15 is 0 Å². The fourth-order valence-electron chi connectivity index (χ4n) is 0.873. The summed E-state index contributed by atoms with van der Waals surface area (Å²) in [5, 5.41) is 8.33. The first-order valence-corrected chi connectivity index (χ1v) is 3.52. The second kappa shape index (κ2) is 5.77. The van der Waals surface area contributed by atoms with Crippen LogP contribution in [-0.4, -0.2) is 16.1 Å². The molecule has 0 amide bonds. The number of nitrogens with one attached hydrogen (secondary N) is 1. The van der Waals surface area contributed by atoms with Gasteiger partial charge in [-0.2, -0.15) is 0 Å². The lowest BCUT2D eigenvalue weighted by Gasteiger charge is -1.91. The topological polar surface area (TPSA) is 57.0 Å². The second-order valence-electron chi connectivity index (χ2n) is 2.35. The number of aliphatic carboxylic acids is 1. The molecule has 0 aliphatic rings. The van der Waals surface area contributed by atoms with E-state index in [2.05, 4.69) is 4.98 Å². The van der Waals surface area contributed by atoms with E-state index in [1.165, 1.54) is 0 Å². The molecule has 5 heteroatoms. The van der Waals surface area contributed by atoms with E-state index in [4.69, 9.17) is 5.11 Å². The molecule has 0 bridgehead atoms. The SMILES string of the molecule is O=C(O)CCC[n+]1cc[nH]c1.[Br-]. The molecule has 1 rings (SSSR count). The van der Waals surface area contributed by atoms with Crippen molar-refractivity contribution in [2.45, 2.75) is 19.4 Å². The number of aromatic amines is 1. The van der Waals surface area contributed by atoms with Crippen molar-refractivity contribution >= 4 is 5.97 Å². The molecule has 0 saturated heterocycles. The fourth-order valence-corrected chi connectivity index (χ4v) is 0.873. The van der Waals surface area contributed by atoms with Gasteiger partial charge < -0.3 is 22.1 Å². The average Bonchev–Trinajstić information content (AvgIpc) is 2.39. The number of hydrogen-bond donors (Lipinski definition) is 2. The summed E-state index contributed by atoms with van der Waals surface area (Å²) in [4.78, 5) is 13.0. The first-order chi connectivity index (χ1) is 5.29. The number of halogens is 1. The van der Waals surface area contributed by atoms with Crippen molar-refractivity contribution < 1.29 is 31.4 Å². The molecule has 0 aliphatic carbocycles. The van der Waals surface area contributed by atoms with Gasteiger partial charge in [0.1, 0.15) is 12.4 Å². The summed E-state index contributed by atoms with van der Waals surface area (Å²) in [6.07, 6.45) is 6.40. The Hall–Kier alpha value is -0.840. The molecule has 0 saturated carbocycles. The molecular weight excluding hydrogens is 224 g/mol. The third-order valence-corrected chi connectivity index (χ3v) is 1.41. The van der Waals surface area contributed by atoms with Gasteiger partial charge in [0, 0.05) is 6.42 Å². The van der Waals surface area contributed by atoms with Gasteiger partial charge in [0.25, 0.3) is 0 Å². The minimum absolute atomic E-state index is 0. The zero-order chi connectivity index (χ0) is 8.10. The summed E-state index contributed by atoms with van der Waals surface area (Å²) in [7, 11) is 0. The molecule has 1 aromatic heterocycles. The molecule has 0 fully saturated rings. The molecule has 1 heterocycles. The molecule has 0 aromatic carbocycles. The van der Waals surface area contributed by atoms with Gasteiger partial charge in [0.05, 0.1) is 6.54 Å². The third kappa shape index (κ3) is 4.12.